The molecule has 2 aromatic rings. The molecule has 0 heterocycles. The van der Waals surface area contributed by atoms with Crippen LogP contribution < -0.4 is 10.5 Å². The molecule has 0 radical (unpaired) electrons. The lowest BCUT2D eigenvalue weighted by Crippen LogP contribution is -2.23. The van der Waals surface area contributed by atoms with E-state index in [2.05, 4.69) is 4.72 Å². The van der Waals surface area contributed by atoms with Crippen molar-refractivity contribution in [3.05, 3.63) is 59.9 Å². The Hall–Kier alpha value is -1.92. The van der Waals surface area contributed by atoms with E-state index in [4.69, 9.17) is 5.73 Å². The van der Waals surface area contributed by atoms with Crippen LogP contribution in [0, 0.1) is 5.82 Å². The Kier molecular flexibility index (Phi) is 3.82. The highest BCUT2D eigenvalue weighted by atomic mass is 32.2. The van der Waals surface area contributed by atoms with E-state index in [1.54, 1.807) is 12.1 Å². The summed E-state index contributed by atoms with van der Waals surface area (Å²) in [6.07, 6.45) is 0. The van der Waals surface area contributed by atoms with E-state index in [0.717, 1.165) is 17.7 Å². The van der Waals surface area contributed by atoms with Gasteiger partial charge in [0.25, 0.3) is 0 Å². The number of nitrogens with one attached hydrogen (secondary N) is 1. The Bertz CT molecular complexity index is 652. The molecule has 19 heavy (non-hydrogen) atoms. The number of hydrogen-bond donors (Lipinski definition) is 2. The molecule has 0 aliphatic heterocycles. The summed E-state index contributed by atoms with van der Waals surface area (Å²) in [5.41, 5.74) is 6.32. The minimum atomic E-state index is -3.77. The van der Waals surface area contributed by atoms with E-state index in [9.17, 15) is 12.8 Å². The van der Waals surface area contributed by atoms with E-state index >= 15 is 0 Å². The number of benzene rings is 2. The zero-order chi connectivity index (χ0) is 13.9. The molecule has 0 aliphatic carbocycles. The summed E-state index contributed by atoms with van der Waals surface area (Å²) in [7, 11) is -3.77. The Labute approximate surface area is 111 Å². The van der Waals surface area contributed by atoms with Crippen LogP contribution in [-0.2, 0) is 16.6 Å². The second-order valence-corrected chi connectivity index (χ2v) is 5.80. The van der Waals surface area contributed by atoms with E-state index < -0.39 is 15.8 Å². The van der Waals surface area contributed by atoms with Crippen LogP contribution in [0.5, 0.6) is 0 Å². The first-order valence-electron chi connectivity index (χ1n) is 5.57. The lowest BCUT2D eigenvalue weighted by atomic mass is 10.2. The van der Waals surface area contributed by atoms with Crippen molar-refractivity contribution in [2.45, 2.75) is 11.4 Å². The number of hydrogen-bond acceptors (Lipinski definition) is 3. The van der Waals surface area contributed by atoms with Crippen LogP contribution in [-0.4, -0.2) is 8.42 Å². The van der Waals surface area contributed by atoms with Crippen molar-refractivity contribution in [3.63, 3.8) is 0 Å². The van der Waals surface area contributed by atoms with Crippen LogP contribution in [0.4, 0.5) is 10.1 Å². The van der Waals surface area contributed by atoms with Crippen molar-refractivity contribution < 1.29 is 12.8 Å². The van der Waals surface area contributed by atoms with Gasteiger partial charge in [-0.25, -0.2) is 17.5 Å². The Morgan fingerprint density at radius 3 is 2.42 bits per heavy atom. The number of rotatable bonds is 4. The lowest BCUT2D eigenvalue weighted by Gasteiger charge is -2.07. The normalized spacial score (nSPS) is 11.4. The molecule has 0 fully saturated rings. The predicted octanol–water partition coefficient (Wildman–Crippen LogP) is 1.89. The van der Waals surface area contributed by atoms with E-state index in [1.807, 2.05) is 18.2 Å². The highest BCUT2D eigenvalue weighted by molar-refractivity contribution is 7.89. The van der Waals surface area contributed by atoms with Crippen LogP contribution in [0.2, 0.25) is 0 Å². The van der Waals surface area contributed by atoms with Gasteiger partial charge >= 0.3 is 0 Å². The molecule has 6 heteroatoms. The van der Waals surface area contributed by atoms with Crippen LogP contribution in [0.3, 0.4) is 0 Å². The van der Waals surface area contributed by atoms with Crippen molar-refractivity contribution in [3.8, 4) is 0 Å². The van der Waals surface area contributed by atoms with Gasteiger partial charge in [0.05, 0.1) is 4.90 Å². The SMILES string of the molecule is Nc1cc(F)cc(S(=O)(=O)NCc2ccccc2)c1. The third-order valence-electron chi connectivity index (χ3n) is 2.51. The Balaban J connectivity index is 2.19. The molecule has 0 aliphatic rings. The predicted molar refractivity (Wildman–Crippen MR) is 71.3 cm³/mol. The van der Waals surface area contributed by atoms with Crippen LogP contribution in [0.15, 0.2) is 53.4 Å². The number of nitrogen functional groups attached to an aromatic ring is 1. The lowest BCUT2D eigenvalue weighted by molar-refractivity contribution is 0.577. The molecule has 0 aromatic heterocycles. The number of halogens is 1. The maximum atomic E-state index is 13.1. The molecule has 2 rings (SSSR count). The van der Waals surface area contributed by atoms with Gasteiger partial charge in [-0.3, -0.25) is 0 Å². The van der Waals surface area contributed by atoms with Crippen LogP contribution in [0.1, 0.15) is 5.56 Å². The summed E-state index contributed by atoms with van der Waals surface area (Å²) in [5, 5.41) is 0. The monoisotopic (exact) mass is 280 g/mol. The highest BCUT2D eigenvalue weighted by Gasteiger charge is 2.15. The summed E-state index contributed by atoms with van der Waals surface area (Å²) in [6.45, 7) is 0.138. The first-order valence-corrected chi connectivity index (χ1v) is 7.05. The van der Waals surface area contributed by atoms with Crippen LogP contribution in [0.25, 0.3) is 0 Å². The largest absolute Gasteiger partial charge is 0.399 e. The third-order valence-corrected chi connectivity index (χ3v) is 3.89. The van der Waals surface area contributed by atoms with Gasteiger partial charge in [-0.15, -0.1) is 0 Å². The average Bonchev–Trinajstić information content (AvgIpc) is 2.37. The number of nitrogens with two attached hydrogens (primary N) is 1. The minimum absolute atomic E-state index is 0.0695. The fourth-order valence-corrected chi connectivity index (χ4v) is 2.68. The van der Waals surface area contributed by atoms with Gasteiger partial charge in [0.1, 0.15) is 5.82 Å². The van der Waals surface area contributed by atoms with Crippen molar-refractivity contribution in [1.29, 1.82) is 0 Å². The van der Waals surface area contributed by atoms with Crippen molar-refractivity contribution in [1.82, 2.24) is 4.72 Å². The molecule has 0 atom stereocenters. The van der Waals surface area contributed by atoms with Crippen molar-refractivity contribution in [2.75, 3.05) is 5.73 Å². The van der Waals surface area contributed by atoms with Crippen LogP contribution >= 0.6 is 0 Å². The summed E-state index contributed by atoms with van der Waals surface area (Å²) in [5.74, 6) is -0.680. The van der Waals surface area contributed by atoms with Gasteiger partial charge in [0, 0.05) is 12.2 Å². The van der Waals surface area contributed by atoms with Gasteiger partial charge in [0.15, 0.2) is 0 Å². The minimum Gasteiger partial charge on any atom is -0.399 e. The van der Waals surface area contributed by atoms with E-state index in [0.29, 0.717) is 0 Å². The van der Waals surface area contributed by atoms with Gasteiger partial charge in [-0.2, -0.15) is 0 Å². The zero-order valence-electron chi connectivity index (χ0n) is 10.0. The molecule has 0 bridgehead atoms. The first kappa shape index (κ1) is 13.5. The molecule has 0 saturated carbocycles. The first-order chi connectivity index (χ1) is 8.97. The fourth-order valence-electron chi connectivity index (χ4n) is 1.60. The fraction of sp³-hybridized carbons (Fsp3) is 0.0769. The van der Waals surface area contributed by atoms with E-state index in [1.165, 1.54) is 6.07 Å². The summed E-state index contributed by atoms with van der Waals surface area (Å²) in [6, 6.07) is 12.3. The molecular weight excluding hydrogens is 267 g/mol. The molecule has 100 valence electrons. The second-order valence-electron chi connectivity index (χ2n) is 4.03. The standard InChI is InChI=1S/C13H13FN2O2S/c14-11-6-12(15)8-13(7-11)19(17,18)16-9-10-4-2-1-3-5-10/h1-8,16H,9,15H2. The molecule has 0 amide bonds. The molecule has 0 saturated heterocycles. The van der Waals surface area contributed by atoms with Gasteiger partial charge < -0.3 is 5.73 Å². The molecular formula is C13H13FN2O2S. The van der Waals surface area contributed by atoms with Gasteiger partial charge in [0.2, 0.25) is 10.0 Å². The highest BCUT2D eigenvalue weighted by Crippen LogP contribution is 2.16. The van der Waals surface area contributed by atoms with E-state index in [-0.39, 0.29) is 17.1 Å². The Morgan fingerprint density at radius 1 is 1.11 bits per heavy atom. The maximum Gasteiger partial charge on any atom is 0.241 e. The average molecular weight is 280 g/mol. The quantitative estimate of drug-likeness (QED) is 0.840. The molecule has 0 spiro atoms. The molecule has 4 nitrogen and oxygen atoms in total. The van der Waals surface area contributed by atoms with Crippen molar-refractivity contribution >= 4 is 15.7 Å². The van der Waals surface area contributed by atoms with Crippen molar-refractivity contribution in [2.24, 2.45) is 0 Å². The van der Waals surface area contributed by atoms with Gasteiger partial charge in [-0.1, -0.05) is 30.3 Å². The second kappa shape index (κ2) is 5.38. The molecule has 0 unspecified atom stereocenters. The Morgan fingerprint density at radius 2 is 1.79 bits per heavy atom. The topological polar surface area (TPSA) is 72.2 Å². The number of sulfonamides is 1. The maximum absolute atomic E-state index is 13.1. The summed E-state index contributed by atoms with van der Waals surface area (Å²) < 4.78 is 39.5. The summed E-state index contributed by atoms with van der Waals surface area (Å²) >= 11 is 0. The smallest absolute Gasteiger partial charge is 0.241 e. The third kappa shape index (κ3) is 3.52. The van der Waals surface area contributed by atoms with Gasteiger partial charge in [-0.05, 0) is 23.8 Å². The zero-order valence-corrected chi connectivity index (χ0v) is 10.8. The number of anilines is 1. The molecule has 3 N–H and O–H groups in total. The summed E-state index contributed by atoms with van der Waals surface area (Å²) in [4.78, 5) is -0.180. The molecule has 2 aromatic carbocycles.